The number of hydrogen-bond acceptors (Lipinski definition) is 6. The number of esters is 1. The highest BCUT2D eigenvalue weighted by atomic mass is 35.5. The Morgan fingerprint density at radius 1 is 1.18 bits per heavy atom. The molecule has 0 atom stereocenters. The minimum absolute atomic E-state index is 0.273. The van der Waals surface area contributed by atoms with E-state index in [4.69, 9.17) is 39.5 Å². The molecule has 3 aromatic rings. The van der Waals surface area contributed by atoms with Gasteiger partial charge in [-0.2, -0.15) is 9.97 Å². The first-order valence-corrected chi connectivity index (χ1v) is 9.77. The Morgan fingerprint density at radius 2 is 2.00 bits per heavy atom. The first-order valence-electron chi connectivity index (χ1n) is 8.63. The van der Waals surface area contributed by atoms with Crippen molar-refractivity contribution in [3.05, 3.63) is 45.3 Å². The van der Waals surface area contributed by atoms with E-state index < -0.39 is 0 Å². The maximum atomic E-state index is 10.8. The quantitative estimate of drug-likeness (QED) is 0.308. The summed E-state index contributed by atoms with van der Waals surface area (Å²) in [5.74, 6) is 0.121. The lowest BCUT2D eigenvalue weighted by atomic mass is 10.2. The van der Waals surface area contributed by atoms with Crippen molar-refractivity contribution < 1.29 is 9.53 Å². The number of benzene rings is 1. The van der Waals surface area contributed by atoms with E-state index >= 15 is 0 Å². The number of rotatable bonds is 8. The zero-order chi connectivity index (χ0) is 20.1. The van der Waals surface area contributed by atoms with E-state index in [0.717, 1.165) is 18.4 Å². The maximum absolute atomic E-state index is 10.8. The minimum atomic E-state index is -0.273. The average Bonchev–Trinajstić information content (AvgIpc) is 3.06. The average molecular weight is 443 g/mol. The molecule has 2 heterocycles. The molecular formula is C18H18Cl3N5O2. The molecule has 0 bridgehead atoms. The second kappa shape index (κ2) is 9.41. The normalized spacial score (nSPS) is 11.0. The molecule has 0 amide bonds. The number of anilines is 1. The van der Waals surface area contributed by atoms with Crippen LogP contribution in [0.15, 0.2) is 24.5 Å². The molecule has 0 saturated heterocycles. The number of nitrogens with one attached hydrogen (secondary N) is 1. The van der Waals surface area contributed by atoms with Gasteiger partial charge in [-0.05, 0) is 30.5 Å². The number of ether oxygens (including phenoxy) is 1. The largest absolute Gasteiger partial charge is 0.466 e. The summed E-state index contributed by atoms with van der Waals surface area (Å²) in [6.45, 7) is 2.94. The van der Waals surface area contributed by atoms with Crippen LogP contribution >= 0.6 is 34.8 Å². The van der Waals surface area contributed by atoms with Crippen LogP contribution in [0.5, 0.6) is 0 Å². The third kappa shape index (κ3) is 5.25. The third-order valence-electron chi connectivity index (χ3n) is 3.95. The van der Waals surface area contributed by atoms with Gasteiger partial charge in [0.05, 0.1) is 23.0 Å². The predicted octanol–water partition coefficient (Wildman–Crippen LogP) is 4.74. The summed E-state index contributed by atoms with van der Waals surface area (Å²) in [6, 6.07) is 5.39. The number of halogens is 3. The number of imidazole rings is 1. The van der Waals surface area contributed by atoms with Crippen LogP contribution < -0.4 is 5.32 Å². The van der Waals surface area contributed by atoms with Gasteiger partial charge in [0.15, 0.2) is 10.8 Å². The summed E-state index contributed by atoms with van der Waals surface area (Å²) >= 11 is 18.2. The number of carbonyl (C=O) groups is 1. The van der Waals surface area contributed by atoms with Gasteiger partial charge in [-0.3, -0.25) is 4.79 Å². The minimum Gasteiger partial charge on any atom is -0.466 e. The van der Waals surface area contributed by atoms with Crippen molar-refractivity contribution in [2.45, 2.75) is 32.9 Å². The van der Waals surface area contributed by atoms with Crippen LogP contribution in [0.25, 0.3) is 11.2 Å². The van der Waals surface area contributed by atoms with Gasteiger partial charge in [-0.1, -0.05) is 40.9 Å². The molecule has 2 aromatic heterocycles. The van der Waals surface area contributed by atoms with E-state index in [2.05, 4.69) is 20.3 Å². The number of hydrogen-bond donors (Lipinski definition) is 1. The summed E-state index contributed by atoms with van der Waals surface area (Å²) in [5.41, 5.74) is 2.12. The van der Waals surface area contributed by atoms with Crippen molar-refractivity contribution in [3.8, 4) is 0 Å². The van der Waals surface area contributed by atoms with Crippen LogP contribution in [0.2, 0.25) is 15.2 Å². The molecule has 3 rings (SSSR count). The Bertz CT molecular complexity index is 993. The van der Waals surface area contributed by atoms with Crippen molar-refractivity contribution in [1.29, 1.82) is 0 Å². The molecule has 0 unspecified atom stereocenters. The van der Waals surface area contributed by atoms with Crippen molar-refractivity contribution in [1.82, 2.24) is 19.5 Å². The van der Waals surface area contributed by atoms with Crippen LogP contribution in [0, 0.1) is 0 Å². The maximum Gasteiger partial charge on any atom is 0.302 e. The van der Waals surface area contributed by atoms with Gasteiger partial charge in [-0.15, -0.1) is 0 Å². The second-order valence-electron chi connectivity index (χ2n) is 6.10. The van der Waals surface area contributed by atoms with E-state index in [0.29, 0.717) is 46.9 Å². The van der Waals surface area contributed by atoms with Gasteiger partial charge in [0.1, 0.15) is 5.52 Å². The lowest BCUT2D eigenvalue weighted by molar-refractivity contribution is -0.141. The van der Waals surface area contributed by atoms with E-state index in [1.807, 2.05) is 10.6 Å². The molecule has 0 aliphatic heterocycles. The van der Waals surface area contributed by atoms with Gasteiger partial charge < -0.3 is 14.6 Å². The molecule has 0 fully saturated rings. The zero-order valence-corrected chi connectivity index (χ0v) is 17.4. The Hall–Kier alpha value is -2.09. The zero-order valence-electron chi connectivity index (χ0n) is 15.1. The molecule has 0 aliphatic carbocycles. The van der Waals surface area contributed by atoms with Gasteiger partial charge >= 0.3 is 5.97 Å². The molecule has 1 N–H and O–H groups in total. The van der Waals surface area contributed by atoms with Crippen molar-refractivity contribution >= 4 is 57.9 Å². The Balaban J connectivity index is 1.68. The predicted molar refractivity (Wildman–Crippen MR) is 110 cm³/mol. The van der Waals surface area contributed by atoms with Gasteiger partial charge in [0.2, 0.25) is 5.95 Å². The summed E-state index contributed by atoms with van der Waals surface area (Å²) in [6.07, 6.45) is 3.24. The lowest BCUT2D eigenvalue weighted by Gasteiger charge is -2.08. The number of nitrogens with zero attached hydrogens (tertiary/aromatic N) is 4. The summed E-state index contributed by atoms with van der Waals surface area (Å²) in [5, 5.41) is 4.41. The standard InChI is InChI=1S/C18H18Cl3N5O2/c1-11(27)28-7-3-2-6-26-10-23-15-16(21)24-18(25-17(15)26)22-9-12-4-5-13(19)14(20)8-12/h4-5,8,10H,2-3,6-7,9H2,1H3,(H,22,24,25). The fourth-order valence-corrected chi connectivity index (χ4v) is 3.12. The van der Waals surface area contributed by atoms with E-state index in [1.165, 1.54) is 6.92 Å². The highest BCUT2D eigenvalue weighted by Crippen LogP contribution is 2.24. The molecule has 0 spiro atoms. The lowest BCUT2D eigenvalue weighted by Crippen LogP contribution is -2.06. The topological polar surface area (TPSA) is 81.9 Å². The van der Waals surface area contributed by atoms with Crippen molar-refractivity contribution in [3.63, 3.8) is 0 Å². The van der Waals surface area contributed by atoms with E-state index in [1.54, 1.807) is 18.5 Å². The van der Waals surface area contributed by atoms with Crippen molar-refractivity contribution in [2.75, 3.05) is 11.9 Å². The number of aromatic nitrogens is 4. The smallest absolute Gasteiger partial charge is 0.302 e. The van der Waals surface area contributed by atoms with Gasteiger partial charge in [-0.25, -0.2) is 4.98 Å². The summed E-state index contributed by atoms with van der Waals surface area (Å²) in [7, 11) is 0. The van der Waals surface area contributed by atoms with E-state index in [-0.39, 0.29) is 11.1 Å². The molecule has 10 heteroatoms. The summed E-state index contributed by atoms with van der Waals surface area (Å²) in [4.78, 5) is 23.9. The van der Waals surface area contributed by atoms with E-state index in [9.17, 15) is 4.79 Å². The Labute approximate surface area is 177 Å². The highest BCUT2D eigenvalue weighted by molar-refractivity contribution is 6.42. The van der Waals surface area contributed by atoms with Crippen LogP contribution in [0.1, 0.15) is 25.3 Å². The number of unbranched alkanes of at least 4 members (excludes halogenated alkanes) is 1. The fourth-order valence-electron chi connectivity index (χ4n) is 2.58. The molecule has 7 nitrogen and oxygen atoms in total. The SMILES string of the molecule is CC(=O)OCCCCn1cnc2c(Cl)nc(NCc3ccc(Cl)c(Cl)c3)nc21. The van der Waals surface area contributed by atoms with Crippen LogP contribution in [-0.4, -0.2) is 32.1 Å². The summed E-state index contributed by atoms with van der Waals surface area (Å²) < 4.78 is 6.84. The third-order valence-corrected chi connectivity index (χ3v) is 4.96. The van der Waals surface area contributed by atoms with Crippen LogP contribution in [-0.2, 0) is 22.6 Å². The second-order valence-corrected chi connectivity index (χ2v) is 7.27. The molecular weight excluding hydrogens is 425 g/mol. The van der Waals surface area contributed by atoms with Gasteiger partial charge in [0.25, 0.3) is 0 Å². The molecule has 0 radical (unpaired) electrons. The monoisotopic (exact) mass is 441 g/mol. The van der Waals surface area contributed by atoms with Crippen LogP contribution in [0.4, 0.5) is 5.95 Å². The van der Waals surface area contributed by atoms with Gasteiger partial charge in [0, 0.05) is 20.0 Å². The van der Waals surface area contributed by atoms with Crippen LogP contribution in [0.3, 0.4) is 0 Å². The number of carbonyl (C=O) groups excluding carboxylic acids is 1. The number of fused-ring (bicyclic) bond motifs is 1. The first-order chi connectivity index (χ1) is 13.4. The molecule has 0 aliphatic rings. The molecule has 28 heavy (non-hydrogen) atoms. The molecule has 1 aromatic carbocycles. The Morgan fingerprint density at radius 3 is 2.75 bits per heavy atom. The molecule has 148 valence electrons. The number of aryl methyl sites for hydroxylation is 1. The fraction of sp³-hybridized carbons (Fsp3) is 0.333. The van der Waals surface area contributed by atoms with Crippen molar-refractivity contribution in [2.24, 2.45) is 0 Å². The molecule has 0 saturated carbocycles. The first kappa shape index (κ1) is 20.6. The highest BCUT2D eigenvalue weighted by Gasteiger charge is 2.12. The Kier molecular flexibility index (Phi) is 6.93.